The molecule has 1 aromatic carbocycles. The van der Waals surface area contributed by atoms with Gasteiger partial charge in [-0.25, -0.2) is 4.68 Å². The molecule has 7 nitrogen and oxygen atoms in total. The summed E-state index contributed by atoms with van der Waals surface area (Å²) in [4.78, 5) is 14.3. The number of benzene rings is 1. The van der Waals surface area contributed by atoms with Gasteiger partial charge in [0.05, 0.1) is 17.3 Å². The number of halogens is 1. The van der Waals surface area contributed by atoms with Crippen molar-refractivity contribution in [2.24, 2.45) is 0 Å². The van der Waals surface area contributed by atoms with Crippen LogP contribution in [0.2, 0.25) is 5.02 Å². The Morgan fingerprint density at radius 1 is 1.27 bits per heavy atom. The minimum absolute atomic E-state index is 0.0934. The first-order valence-corrected chi connectivity index (χ1v) is 8.63. The van der Waals surface area contributed by atoms with Crippen LogP contribution in [0.1, 0.15) is 23.1 Å². The van der Waals surface area contributed by atoms with Gasteiger partial charge in [-0.15, -0.1) is 0 Å². The van der Waals surface area contributed by atoms with Gasteiger partial charge in [0.2, 0.25) is 0 Å². The minimum Gasteiger partial charge on any atom is -0.470 e. The van der Waals surface area contributed by atoms with Gasteiger partial charge in [-0.1, -0.05) is 23.7 Å². The third-order valence-corrected chi connectivity index (χ3v) is 4.19. The molecule has 0 aliphatic heterocycles. The molecule has 0 unspecified atom stereocenters. The van der Waals surface area contributed by atoms with Crippen molar-refractivity contribution in [1.82, 2.24) is 24.5 Å². The summed E-state index contributed by atoms with van der Waals surface area (Å²) in [6.45, 7) is 3.32. The maximum atomic E-state index is 12.7. The Morgan fingerprint density at radius 2 is 2.08 bits per heavy atom. The van der Waals surface area contributed by atoms with Crippen molar-refractivity contribution in [2.75, 3.05) is 7.05 Å². The number of ether oxygens (including phenoxy) is 1. The molecule has 136 valence electrons. The van der Waals surface area contributed by atoms with Crippen LogP contribution in [0.15, 0.2) is 48.8 Å². The van der Waals surface area contributed by atoms with Crippen molar-refractivity contribution in [1.29, 1.82) is 0 Å². The highest BCUT2D eigenvalue weighted by Gasteiger charge is 2.18. The molecule has 0 N–H and O–H groups in total. The fourth-order valence-electron chi connectivity index (χ4n) is 2.48. The Labute approximate surface area is 156 Å². The first kappa shape index (κ1) is 18.0. The van der Waals surface area contributed by atoms with Crippen molar-refractivity contribution in [3.05, 3.63) is 65.2 Å². The summed E-state index contributed by atoms with van der Waals surface area (Å²) in [5.41, 5.74) is 1.27. The van der Waals surface area contributed by atoms with Crippen LogP contribution in [0.4, 0.5) is 0 Å². The van der Waals surface area contributed by atoms with Gasteiger partial charge in [0.25, 0.3) is 5.91 Å². The van der Waals surface area contributed by atoms with Crippen molar-refractivity contribution in [2.45, 2.75) is 26.7 Å². The molecule has 3 aromatic rings. The molecule has 0 radical (unpaired) electrons. The highest BCUT2D eigenvalue weighted by atomic mass is 35.5. The fraction of sp³-hybridized carbons (Fsp3) is 0.278. The smallest absolute Gasteiger partial charge is 0.272 e. The average Bonchev–Trinajstić information content (AvgIpc) is 3.29. The van der Waals surface area contributed by atoms with E-state index in [0.717, 1.165) is 12.2 Å². The number of nitrogens with zero attached hydrogens (tertiary/aromatic N) is 5. The SMILES string of the molecule is CCn1ccc(CN(C)C(=O)c2ccnn2COc2ccccc2Cl)n1. The Bertz CT molecular complexity index is 889. The topological polar surface area (TPSA) is 65.2 Å². The molecule has 1 amide bonds. The van der Waals surface area contributed by atoms with Crippen molar-refractivity contribution in [3.8, 4) is 5.75 Å². The van der Waals surface area contributed by atoms with Gasteiger partial charge >= 0.3 is 0 Å². The van der Waals surface area contributed by atoms with Gasteiger partial charge < -0.3 is 9.64 Å². The van der Waals surface area contributed by atoms with Crippen LogP contribution in [0.5, 0.6) is 5.75 Å². The molecule has 0 saturated carbocycles. The molecular weight excluding hydrogens is 354 g/mol. The molecule has 0 fully saturated rings. The lowest BCUT2D eigenvalue weighted by Gasteiger charge is -2.17. The standard InChI is InChI=1S/C18H20ClN5O2/c1-3-23-11-9-14(21-23)12-22(2)18(25)16-8-10-20-24(16)13-26-17-7-5-4-6-15(17)19/h4-11H,3,12-13H2,1-2H3. The zero-order chi connectivity index (χ0) is 18.5. The van der Waals surface area contributed by atoms with Gasteiger partial charge in [0.1, 0.15) is 11.4 Å². The average molecular weight is 374 g/mol. The zero-order valence-corrected chi connectivity index (χ0v) is 15.4. The molecule has 0 aliphatic carbocycles. The Hall–Kier alpha value is -2.80. The molecule has 2 heterocycles. The van der Waals surface area contributed by atoms with E-state index in [9.17, 15) is 4.79 Å². The highest BCUT2D eigenvalue weighted by molar-refractivity contribution is 6.32. The molecule has 0 saturated heterocycles. The molecule has 3 rings (SSSR count). The number of carbonyl (C=O) groups is 1. The second kappa shape index (κ2) is 8.05. The monoisotopic (exact) mass is 373 g/mol. The Balaban J connectivity index is 1.66. The van der Waals surface area contributed by atoms with E-state index in [1.807, 2.05) is 36.0 Å². The lowest BCUT2D eigenvalue weighted by atomic mass is 10.3. The van der Waals surface area contributed by atoms with Gasteiger partial charge in [-0.3, -0.25) is 9.48 Å². The number of amides is 1. The number of aryl methyl sites for hydroxylation is 1. The summed E-state index contributed by atoms with van der Waals surface area (Å²) >= 11 is 6.08. The van der Waals surface area contributed by atoms with Gasteiger partial charge in [0, 0.05) is 26.0 Å². The number of hydrogen-bond donors (Lipinski definition) is 0. The van der Waals surface area contributed by atoms with Crippen LogP contribution >= 0.6 is 11.6 Å². The van der Waals surface area contributed by atoms with Crippen LogP contribution in [-0.4, -0.2) is 37.4 Å². The van der Waals surface area contributed by atoms with Crippen molar-refractivity contribution < 1.29 is 9.53 Å². The van der Waals surface area contributed by atoms with E-state index in [1.54, 1.807) is 36.3 Å². The largest absolute Gasteiger partial charge is 0.470 e. The van der Waals surface area contributed by atoms with Crippen molar-refractivity contribution in [3.63, 3.8) is 0 Å². The Kier molecular flexibility index (Phi) is 5.58. The van der Waals surface area contributed by atoms with Crippen LogP contribution in [0, 0.1) is 0 Å². The number of para-hydroxylation sites is 1. The van der Waals surface area contributed by atoms with E-state index in [2.05, 4.69) is 10.2 Å². The van der Waals surface area contributed by atoms with E-state index < -0.39 is 0 Å². The molecule has 2 aromatic heterocycles. The summed E-state index contributed by atoms with van der Waals surface area (Å²) in [5, 5.41) is 9.08. The summed E-state index contributed by atoms with van der Waals surface area (Å²) in [6, 6.07) is 10.7. The molecule has 8 heteroatoms. The first-order valence-electron chi connectivity index (χ1n) is 8.25. The molecule has 0 spiro atoms. The van der Waals surface area contributed by atoms with E-state index in [1.165, 1.54) is 4.68 Å². The van der Waals surface area contributed by atoms with Crippen LogP contribution in [-0.2, 0) is 19.8 Å². The quantitative estimate of drug-likeness (QED) is 0.638. The predicted molar refractivity (Wildman–Crippen MR) is 98.0 cm³/mol. The van der Waals surface area contributed by atoms with Crippen LogP contribution < -0.4 is 4.74 Å². The van der Waals surface area contributed by atoms with E-state index in [0.29, 0.717) is 23.0 Å². The lowest BCUT2D eigenvalue weighted by Crippen LogP contribution is -2.29. The maximum Gasteiger partial charge on any atom is 0.272 e. The van der Waals surface area contributed by atoms with E-state index in [-0.39, 0.29) is 12.6 Å². The molecule has 26 heavy (non-hydrogen) atoms. The molecule has 0 aliphatic rings. The number of aromatic nitrogens is 4. The highest BCUT2D eigenvalue weighted by Crippen LogP contribution is 2.23. The fourth-order valence-corrected chi connectivity index (χ4v) is 2.67. The number of carbonyl (C=O) groups excluding carboxylic acids is 1. The van der Waals surface area contributed by atoms with Gasteiger partial charge in [0.15, 0.2) is 6.73 Å². The van der Waals surface area contributed by atoms with Crippen LogP contribution in [0.3, 0.4) is 0 Å². The molecular formula is C18H20ClN5O2. The third-order valence-electron chi connectivity index (χ3n) is 3.88. The second-order valence-electron chi connectivity index (χ2n) is 5.74. The predicted octanol–water partition coefficient (Wildman–Crippen LogP) is 3.06. The number of hydrogen-bond acceptors (Lipinski definition) is 4. The molecule has 0 atom stereocenters. The third kappa shape index (κ3) is 4.05. The maximum absolute atomic E-state index is 12.7. The van der Waals surface area contributed by atoms with E-state index in [4.69, 9.17) is 16.3 Å². The summed E-state index contributed by atoms with van der Waals surface area (Å²) in [5.74, 6) is 0.387. The zero-order valence-electron chi connectivity index (χ0n) is 14.7. The number of rotatable bonds is 7. The Morgan fingerprint density at radius 3 is 2.81 bits per heavy atom. The minimum atomic E-state index is -0.156. The van der Waals surface area contributed by atoms with Gasteiger partial charge in [-0.2, -0.15) is 10.2 Å². The normalized spacial score (nSPS) is 10.7. The van der Waals surface area contributed by atoms with E-state index >= 15 is 0 Å². The second-order valence-corrected chi connectivity index (χ2v) is 6.15. The summed E-state index contributed by atoms with van der Waals surface area (Å²) in [7, 11) is 1.74. The first-order chi connectivity index (χ1) is 12.6. The van der Waals surface area contributed by atoms with Crippen LogP contribution in [0.25, 0.3) is 0 Å². The lowest BCUT2D eigenvalue weighted by molar-refractivity contribution is 0.0760. The summed E-state index contributed by atoms with van der Waals surface area (Å²) in [6.07, 6.45) is 3.47. The summed E-state index contributed by atoms with van der Waals surface area (Å²) < 4.78 is 9.01. The van der Waals surface area contributed by atoms with Crippen molar-refractivity contribution >= 4 is 17.5 Å². The van der Waals surface area contributed by atoms with Gasteiger partial charge in [-0.05, 0) is 31.2 Å². The molecule has 0 bridgehead atoms.